The summed E-state index contributed by atoms with van der Waals surface area (Å²) < 4.78 is 23.3. The summed E-state index contributed by atoms with van der Waals surface area (Å²) in [5, 5.41) is 13.8. The number of allylic oxidation sites excluding steroid dienone is 7. The van der Waals surface area contributed by atoms with Gasteiger partial charge in [0.05, 0.1) is 39.9 Å². The number of phosphoric ester groups is 1. The van der Waals surface area contributed by atoms with Crippen LogP contribution in [-0.2, 0) is 18.4 Å². The Bertz CT molecular complexity index is 1180. The zero-order valence-corrected chi connectivity index (χ0v) is 43.6. The molecule has 3 atom stereocenters. The number of rotatable bonds is 49. The van der Waals surface area contributed by atoms with Gasteiger partial charge in [-0.15, -0.1) is 0 Å². The third kappa shape index (κ3) is 48.4. The molecule has 0 rings (SSSR count). The number of phosphoric acid groups is 1. The van der Waals surface area contributed by atoms with Crippen molar-refractivity contribution in [3.05, 3.63) is 48.6 Å². The molecule has 0 aromatic carbocycles. The molecule has 0 fully saturated rings. The summed E-state index contributed by atoms with van der Waals surface area (Å²) >= 11 is 0. The molecule has 2 N–H and O–H groups in total. The van der Waals surface area contributed by atoms with Crippen molar-refractivity contribution >= 4 is 13.7 Å². The zero-order chi connectivity index (χ0) is 47.1. The third-order valence-corrected chi connectivity index (χ3v) is 13.0. The van der Waals surface area contributed by atoms with E-state index in [1.165, 1.54) is 180 Å². The van der Waals surface area contributed by atoms with Crippen molar-refractivity contribution in [3.8, 4) is 0 Å². The van der Waals surface area contributed by atoms with Gasteiger partial charge in [-0.05, 0) is 70.6 Å². The minimum Gasteiger partial charge on any atom is -0.756 e. The van der Waals surface area contributed by atoms with Crippen LogP contribution in [-0.4, -0.2) is 68.5 Å². The van der Waals surface area contributed by atoms with E-state index in [1.807, 2.05) is 27.2 Å². The molecule has 0 aromatic heterocycles. The molecule has 3 unspecified atom stereocenters. The number of nitrogens with one attached hydrogen (secondary N) is 1. The van der Waals surface area contributed by atoms with Gasteiger partial charge in [0.2, 0.25) is 5.91 Å². The Morgan fingerprint density at radius 1 is 0.531 bits per heavy atom. The number of carbonyl (C=O) groups is 1. The van der Waals surface area contributed by atoms with E-state index in [1.54, 1.807) is 6.08 Å². The highest BCUT2D eigenvalue weighted by Crippen LogP contribution is 2.38. The Labute approximate surface area is 397 Å². The topological polar surface area (TPSA) is 108 Å². The van der Waals surface area contributed by atoms with Gasteiger partial charge in [0.25, 0.3) is 7.82 Å². The first-order chi connectivity index (χ1) is 31.0. The van der Waals surface area contributed by atoms with Crippen LogP contribution in [0.5, 0.6) is 0 Å². The van der Waals surface area contributed by atoms with Gasteiger partial charge in [0, 0.05) is 6.42 Å². The molecule has 64 heavy (non-hydrogen) atoms. The van der Waals surface area contributed by atoms with E-state index < -0.39 is 26.6 Å². The van der Waals surface area contributed by atoms with Gasteiger partial charge < -0.3 is 28.8 Å². The fourth-order valence-electron chi connectivity index (χ4n) is 7.71. The summed E-state index contributed by atoms with van der Waals surface area (Å²) in [6, 6.07) is -0.910. The Balaban J connectivity index is 4.25. The molecule has 0 aliphatic heterocycles. The van der Waals surface area contributed by atoms with Crippen molar-refractivity contribution in [3.63, 3.8) is 0 Å². The summed E-state index contributed by atoms with van der Waals surface area (Å²) in [6.45, 7) is 4.62. The van der Waals surface area contributed by atoms with Crippen LogP contribution in [0, 0.1) is 0 Å². The molecule has 0 aromatic rings. The van der Waals surface area contributed by atoms with Crippen LogP contribution >= 0.6 is 7.82 Å². The van der Waals surface area contributed by atoms with Crippen LogP contribution in [0.25, 0.3) is 0 Å². The standard InChI is InChI=1S/C55H105N2O6P/c1-6-8-10-12-14-16-18-20-22-24-25-26-27-28-29-30-31-32-33-35-37-39-41-43-45-47-49-55(59)56-53(52-63-64(60,61)62-51-50-57(3,4)5)54(58)48-46-44-42-40-38-36-34-23-21-19-17-15-13-11-9-7-2/h21,23,28-29,38,40,46,48,53-54,58H,6-20,22,24-27,30-37,39,41-45,47,49-52H2,1-5H3,(H-,56,59,60,61)/b23-21+,29-28-,40-38+,48-46+. The van der Waals surface area contributed by atoms with Crippen molar-refractivity contribution < 1.29 is 32.9 Å². The van der Waals surface area contributed by atoms with Crippen LogP contribution in [0.2, 0.25) is 0 Å². The normalized spacial score (nSPS) is 14.4. The van der Waals surface area contributed by atoms with E-state index in [-0.39, 0.29) is 12.5 Å². The first kappa shape index (κ1) is 62.5. The van der Waals surface area contributed by atoms with Crippen LogP contribution in [0.3, 0.4) is 0 Å². The second kappa shape index (κ2) is 46.6. The minimum atomic E-state index is -4.61. The fraction of sp³-hybridized carbons (Fsp3) is 0.836. The molecule has 376 valence electrons. The molecule has 9 heteroatoms. The van der Waals surface area contributed by atoms with E-state index in [0.29, 0.717) is 17.4 Å². The zero-order valence-electron chi connectivity index (χ0n) is 42.7. The van der Waals surface area contributed by atoms with E-state index in [0.717, 1.165) is 44.9 Å². The maximum Gasteiger partial charge on any atom is 0.268 e. The van der Waals surface area contributed by atoms with E-state index >= 15 is 0 Å². The second-order valence-electron chi connectivity index (χ2n) is 19.6. The number of aliphatic hydroxyl groups is 1. The van der Waals surface area contributed by atoms with Gasteiger partial charge in [-0.25, -0.2) is 0 Å². The van der Waals surface area contributed by atoms with Crippen LogP contribution in [0.15, 0.2) is 48.6 Å². The van der Waals surface area contributed by atoms with E-state index in [9.17, 15) is 19.4 Å². The number of carbonyl (C=O) groups excluding carboxylic acids is 1. The number of nitrogens with zero attached hydrogens (tertiary/aromatic N) is 1. The average molecular weight is 921 g/mol. The Kier molecular flexibility index (Phi) is 45.4. The summed E-state index contributed by atoms with van der Waals surface area (Å²) in [4.78, 5) is 25.4. The fourth-order valence-corrected chi connectivity index (χ4v) is 8.43. The first-order valence-electron chi connectivity index (χ1n) is 27.0. The highest BCUT2D eigenvalue weighted by molar-refractivity contribution is 7.45. The number of likely N-dealkylation sites (N-methyl/N-ethyl adjacent to an activating group) is 1. The molecule has 0 saturated carbocycles. The minimum absolute atomic E-state index is 0.00974. The summed E-state index contributed by atoms with van der Waals surface area (Å²) in [6.07, 6.45) is 60.4. The largest absolute Gasteiger partial charge is 0.756 e. The van der Waals surface area contributed by atoms with Crippen LogP contribution < -0.4 is 10.2 Å². The lowest BCUT2D eigenvalue weighted by molar-refractivity contribution is -0.870. The average Bonchev–Trinajstić information content (AvgIpc) is 3.25. The molecule has 8 nitrogen and oxygen atoms in total. The summed E-state index contributed by atoms with van der Waals surface area (Å²) in [7, 11) is 1.23. The van der Waals surface area contributed by atoms with E-state index in [2.05, 4.69) is 55.6 Å². The summed E-state index contributed by atoms with van der Waals surface area (Å²) in [5.74, 6) is -0.212. The number of amides is 1. The highest BCUT2D eigenvalue weighted by atomic mass is 31.2. The van der Waals surface area contributed by atoms with Gasteiger partial charge in [0.1, 0.15) is 13.2 Å². The Hall–Kier alpha value is -1.54. The monoisotopic (exact) mass is 921 g/mol. The molecule has 0 spiro atoms. The van der Waals surface area contributed by atoms with Crippen molar-refractivity contribution in [1.82, 2.24) is 5.32 Å². The van der Waals surface area contributed by atoms with Gasteiger partial charge in [0.15, 0.2) is 0 Å². The molecule has 0 aliphatic rings. The number of unbranched alkanes of at least 4 members (excludes halogenated alkanes) is 30. The number of hydrogen-bond acceptors (Lipinski definition) is 6. The second-order valence-corrected chi connectivity index (χ2v) is 21.0. The van der Waals surface area contributed by atoms with Gasteiger partial charge in [-0.2, -0.15) is 0 Å². The predicted molar refractivity (Wildman–Crippen MR) is 274 cm³/mol. The number of hydrogen-bond donors (Lipinski definition) is 2. The lowest BCUT2D eigenvalue weighted by atomic mass is 10.0. The lowest BCUT2D eigenvalue weighted by Gasteiger charge is -2.29. The van der Waals surface area contributed by atoms with Gasteiger partial charge >= 0.3 is 0 Å². The highest BCUT2D eigenvalue weighted by Gasteiger charge is 2.23. The molecule has 0 heterocycles. The SMILES string of the molecule is CCCCCCCC/C=C/CC/C=C/CC/C=C/C(O)C(COP(=O)([O-])OCC[N+](C)(C)C)NC(=O)CCCCCCCCCCCC/C=C\CCCCCCCCCCCCCC. The molecule has 0 aliphatic carbocycles. The Morgan fingerprint density at radius 3 is 1.27 bits per heavy atom. The summed E-state index contributed by atoms with van der Waals surface area (Å²) in [5.41, 5.74) is 0. The van der Waals surface area contributed by atoms with Crippen molar-refractivity contribution in [2.75, 3.05) is 40.9 Å². The predicted octanol–water partition coefficient (Wildman–Crippen LogP) is 15.3. The maximum atomic E-state index is 12.9. The van der Waals surface area contributed by atoms with Crippen LogP contribution in [0.1, 0.15) is 245 Å². The molecular formula is C55H105N2O6P. The number of quaternary nitrogens is 1. The third-order valence-electron chi connectivity index (χ3n) is 12.0. The molecular weight excluding hydrogens is 816 g/mol. The van der Waals surface area contributed by atoms with Gasteiger partial charge in [-0.1, -0.05) is 217 Å². The van der Waals surface area contributed by atoms with Crippen molar-refractivity contribution in [1.29, 1.82) is 0 Å². The molecule has 0 bridgehead atoms. The smallest absolute Gasteiger partial charge is 0.268 e. The lowest BCUT2D eigenvalue weighted by Crippen LogP contribution is -2.45. The maximum absolute atomic E-state index is 12.9. The first-order valence-corrected chi connectivity index (χ1v) is 28.5. The number of aliphatic hydroxyl groups excluding tert-OH is 1. The molecule has 0 radical (unpaired) electrons. The van der Waals surface area contributed by atoms with Crippen LogP contribution in [0.4, 0.5) is 0 Å². The van der Waals surface area contributed by atoms with Crippen molar-refractivity contribution in [2.45, 2.75) is 257 Å². The van der Waals surface area contributed by atoms with Crippen molar-refractivity contribution in [2.24, 2.45) is 0 Å². The molecule has 0 saturated heterocycles. The Morgan fingerprint density at radius 2 is 0.875 bits per heavy atom. The van der Waals surface area contributed by atoms with E-state index in [4.69, 9.17) is 9.05 Å². The molecule has 1 amide bonds. The van der Waals surface area contributed by atoms with Gasteiger partial charge in [-0.3, -0.25) is 9.36 Å². The quantitative estimate of drug-likeness (QED) is 0.0272.